The minimum atomic E-state index is 0.0256. The van der Waals surface area contributed by atoms with Crippen molar-refractivity contribution < 1.29 is 4.79 Å². The van der Waals surface area contributed by atoms with Crippen molar-refractivity contribution in [1.82, 2.24) is 9.88 Å². The van der Waals surface area contributed by atoms with E-state index < -0.39 is 0 Å². The van der Waals surface area contributed by atoms with Gasteiger partial charge in [-0.3, -0.25) is 4.79 Å². The summed E-state index contributed by atoms with van der Waals surface area (Å²) in [5.74, 6) is 0.976. The van der Waals surface area contributed by atoms with Crippen molar-refractivity contribution in [2.45, 2.75) is 26.3 Å². The molecule has 0 aliphatic rings. The van der Waals surface area contributed by atoms with E-state index in [1.165, 1.54) is 11.3 Å². The summed E-state index contributed by atoms with van der Waals surface area (Å²) in [6.45, 7) is 3.92. The Kier molecular flexibility index (Phi) is 5.27. The molecule has 0 aliphatic heterocycles. The summed E-state index contributed by atoms with van der Waals surface area (Å²) < 4.78 is 0. The van der Waals surface area contributed by atoms with Crippen molar-refractivity contribution in [3.8, 4) is 0 Å². The monoisotopic (exact) mass is 273 g/mol. The van der Waals surface area contributed by atoms with Crippen LogP contribution in [0.15, 0.2) is 0 Å². The second-order valence-corrected chi connectivity index (χ2v) is 5.84. The molecule has 1 rings (SSSR count). The van der Waals surface area contributed by atoms with E-state index in [-0.39, 0.29) is 11.9 Å². The molecule has 1 aromatic heterocycles. The molecule has 1 aromatic rings. The van der Waals surface area contributed by atoms with Gasteiger partial charge in [0.1, 0.15) is 4.88 Å². The van der Waals surface area contributed by atoms with Crippen molar-refractivity contribution in [2.24, 2.45) is 0 Å². The maximum Gasteiger partial charge on any atom is 0.265 e. The summed E-state index contributed by atoms with van der Waals surface area (Å²) in [5, 5.41) is 0.456. The zero-order valence-corrected chi connectivity index (χ0v) is 12.3. The van der Waals surface area contributed by atoms with Crippen LogP contribution in [0, 0.1) is 6.92 Å². The smallest absolute Gasteiger partial charge is 0.265 e. The van der Waals surface area contributed by atoms with E-state index in [1.807, 2.05) is 14.0 Å². The van der Waals surface area contributed by atoms with Crippen molar-refractivity contribution in [2.75, 3.05) is 24.8 Å². The molecule has 0 bridgehead atoms. The van der Waals surface area contributed by atoms with E-state index >= 15 is 0 Å². The maximum absolute atomic E-state index is 12.3. The van der Waals surface area contributed by atoms with E-state index in [1.54, 1.807) is 16.7 Å². The zero-order valence-electron chi connectivity index (χ0n) is 10.7. The molecule has 6 heteroatoms. The van der Waals surface area contributed by atoms with Gasteiger partial charge in [0.15, 0.2) is 5.13 Å². The third kappa shape index (κ3) is 3.35. The van der Waals surface area contributed by atoms with E-state index in [0.717, 1.165) is 17.9 Å². The first-order valence-corrected chi connectivity index (χ1v) is 7.71. The molecule has 0 fully saturated rings. The van der Waals surface area contributed by atoms with E-state index in [4.69, 9.17) is 5.73 Å². The topological polar surface area (TPSA) is 59.2 Å². The largest absolute Gasteiger partial charge is 0.375 e. The summed E-state index contributed by atoms with van der Waals surface area (Å²) in [4.78, 5) is 18.8. The fraction of sp³-hybridized carbons (Fsp3) is 0.636. The van der Waals surface area contributed by atoms with Crippen molar-refractivity contribution in [3.63, 3.8) is 0 Å². The Morgan fingerprint density at radius 2 is 2.29 bits per heavy atom. The Balaban J connectivity index is 2.85. The Hall–Kier alpha value is -0.750. The Bertz CT molecular complexity index is 392. The van der Waals surface area contributed by atoms with Gasteiger partial charge in [-0.05, 0) is 19.6 Å². The van der Waals surface area contributed by atoms with Crippen molar-refractivity contribution in [3.05, 3.63) is 10.6 Å². The van der Waals surface area contributed by atoms with Gasteiger partial charge in [-0.25, -0.2) is 4.98 Å². The first-order chi connectivity index (χ1) is 8.01. The van der Waals surface area contributed by atoms with Gasteiger partial charge in [0.2, 0.25) is 0 Å². The van der Waals surface area contributed by atoms with E-state index in [9.17, 15) is 4.79 Å². The molecular formula is C11H19N3OS2. The Morgan fingerprint density at radius 3 is 2.71 bits per heavy atom. The molecule has 2 N–H and O–H groups in total. The normalized spacial score (nSPS) is 12.5. The van der Waals surface area contributed by atoms with E-state index in [0.29, 0.717) is 10.0 Å². The van der Waals surface area contributed by atoms with Crippen LogP contribution in [0.25, 0.3) is 0 Å². The number of anilines is 1. The highest BCUT2D eigenvalue weighted by molar-refractivity contribution is 7.98. The molecule has 0 spiro atoms. The third-order valence-electron chi connectivity index (χ3n) is 2.71. The van der Waals surface area contributed by atoms with Crippen LogP contribution in [-0.2, 0) is 0 Å². The highest BCUT2D eigenvalue weighted by Crippen LogP contribution is 2.22. The summed E-state index contributed by atoms with van der Waals surface area (Å²) in [6.07, 6.45) is 3.01. The summed E-state index contributed by atoms with van der Waals surface area (Å²) in [7, 11) is 1.85. The SMILES string of the molecule is CCC(CSC)N(C)C(=O)c1sc(N)nc1C. The number of nitrogen functional groups attached to an aromatic ring is 1. The number of carbonyl (C=O) groups excluding carboxylic acids is 1. The molecule has 0 radical (unpaired) electrons. The number of thioether (sulfide) groups is 1. The van der Waals surface area contributed by atoms with Crippen LogP contribution >= 0.6 is 23.1 Å². The molecule has 17 heavy (non-hydrogen) atoms. The highest BCUT2D eigenvalue weighted by Gasteiger charge is 2.23. The standard InChI is InChI=1S/C11H19N3OS2/c1-5-8(6-16-4)14(3)10(15)9-7(2)13-11(12)17-9/h8H,5-6H2,1-4H3,(H2,12,13). The average molecular weight is 273 g/mol. The molecule has 0 saturated carbocycles. The quantitative estimate of drug-likeness (QED) is 0.894. The maximum atomic E-state index is 12.3. The lowest BCUT2D eigenvalue weighted by atomic mass is 10.2. The molecule has 0 aromatic carbocycles. The van der Waals surface area contributed by atoms with Crippen LogP contribution in [0.4, 0.5) is 5.13 Å². The van der Waals surface area contributed by atoms with Crippen LogP contribution in [0.2, 0.25) is 0 Å². The van der Waals surface area contributed by atoms with Crippen LogP contribution in [0.1, 0.15) is 28.7 Å². The van der Waals surface area contributed by atoms with Gasteiger partial charge in [-0.15, -0.1) is 0 Å². The van der Waals surface area contributed by atoms with Crippen molar-refractivity contribution in [1.29, 1.82) is 0 Å². The first-order valence-electron chi connectivity index (χ1n) is 5.50. The minimum absolute atomic E-state index is 0.0256. The number of nitrogens with zero attached hydrogens (tertiary/aromatic N) is 2. The Morgan fingerprint density at radius 1 is 1.65 bits per heavy atom. The van der Waals surface area contributed by atoms with Gasteiger partial charge >= 0.3 is 0 Å². The summed E-state index contributed by atoms with van der Waals surface area (Å²) in [6, 6.07) is 0.264. The van der Waals surface area contributed by atoms with Gasteiger partial charge in [-0.1, -0.05) is 18.3 Å². The number of carbonyl (C=O) groups is 1. The molecular weight excluding hydrogens is 254 g/mol. The highest BCUT2D eigenvalue weighted by atomic mass is 32.2. The third-order valence-corrected chi connectivity index (χ3v) is 4.40. The number of nitrogens with two attached hydrogens (primary N) is 1. The number of hydrogen-bond donors (Lipinski definition) is 1. The fourth-order valence-electron chi connectivity index (χ4n) is 1.64. The molecule has 96 valence electrons. The lowest BCUT2D eigenvalue weighted by Gasteiger charge is -2.26. The number of amides is 1. The van der Waals surface area contributed by atoms with Gasteiger partial charge in [0.05, 0.1) is 5.69 Å². The number of aromatic nitrogens is 1. The molecule has 4 nitrogen and oxygen atoms in total. The number of hydrogen-bond acceptors (Lipinski definition) is 5. The van der Waals surface area contributed by atoms with Gasteiger partial charge < -0.3 is 10.6 Å². The summed E-state index contributed by atoms with van der Waals surface area (Å²) in [5.41, 5.74) is 6.34. The number of rotatable bonds is 5. The zero-order chi connectivity index (χ0) is 13.0. The predicted octanol–water partition coefficient (Wildman–Crippen LogP) is 2.25. The van der Waals surface area contributed by atoms with Crippen molar-refractivity contribution >= 4 is 34.1 Å². The second kappa shape index (κ2) is 6.26. The van der Waals surface area contributed by atoms with E-state index in [2.05, 4.69) is 18.2 Å². The van der Waals surface area contributed by atoms with Crippen LogP contribution in [0.5, 0.6) is 0 Å². The summed E-state index contributed by atoms with van der Waals surface area (Å²) >= 11 is 3.02. The fourth-order valence-corrected chi connectivity index (χ4v) is 3.30. The van der Waals surface area contributed by atoms with Crippen LogP contribution in [-0.4, -0.2) is 40.9 Å². The predicted molar refractivity (Wildman–Crippen MR) is 75.8 cm³/mol. The minimum Gasteiger partial charge on any atom is -0.375 e. The van der Waals surface area contributed by atoms with Crippen LogP contribution in [0.3, 0.4) is 0 Å². The van der Waals surface area contributed by atoms with Gasteiger partial charge in [-0.2, -0.15) is 11.8 Å². The molecule has 1 unspecified atom stereocenters. The average Bonchev–Trinajstić information content (AvgIpc) is 2.63. The second-order valence-electron chi connectivity index (χ2n) is 3.90. The molecule has 1 amide bonds. The van der Waals surface area contributed by atoms with Gasteiger partial charge in [0, 0.05) is 18.8 Å². The molecule has 0 aliphatic carbocycles. The number of aryl methyl sites for hydroxylation is 1. The Labute approximate surface area is 111 Å². The molecule has 0 saturated heterocycles. The first kappa shape index (κ1) is 14.3. The molecule has 1 atom stereocenters. The lowest BCUT2D eigenvalue weighted by molar-refractivity contribution is 0.0747. The van der Waals surface area contributed by atoms with Crippen LogP contribution < -0.4 is 5.73 Å². The van der Waals surface area contributed by atoms with Gasteiger partial charge in [0.25, 0.3) is 5.91 Å². The lowest BCUT2D eigenvalue weighted by Crippen LogP contribution is -2.38. The number of thiazole rings is 1. The molecule has 1 heterocycles.